The van der Waals surface area contributed by atoms with E-state index in [-0.39, 0.29) is 18.4 Å². The van der Waals surface area contributed by atoms with E-state index in [4.69, 9.17) is 9.47 Å². The van der Waals surface area contributed by atoms with Gasteiger partial charge in [0.05, 0.1) is 11.9 Å². The second-order valence-corrected chi connectivity index (χ2v) is 7.90. The highest BCUT2D eigenvalue weighted by molar-refractivity contribution is 5.92. The van der Waals surface area contributed by atoms with Crippen LogP contribution in [0.2, 0.25) is 0 Å². The lowest BCUT2D eigenvalue weighted by atomic mass is 10.2. The van der Waals surface area contributed by atoms with E-state index in [2.05, 4.69) is 5.10 Å². The number of amides is 2. The number of rotatable bonds is 4. The van der Waals surface area contributed by atoms with Gasteiger partial charge in [-0.15, -0.1) is 0 Å². The van der Waals surface area contributed by atoms with E-state index in [1.165, 1.54) is 0 Å². The summed E-state index contributed by atoms with van der Waals surface area (Å²) in [6.45, 7) is 2.07. The van der Waals surface area contributed by atoms with Crippen molar-refractivity contribution >= 4 is 17.9 Å². The largest absolute Gasteiger partial charge is 0.485 e. The zero-order valence-corrected chi connectivity index (χ0v) is 18.0. The van der Waals surface area contributed by atoms with Gasteiger partial charge in [0.2, 0.25) is 12.0 Å². The van der Waals surface area contributed by atoms with Crippen molar-refractivity contribution in [3.63, 3.8) is 0 Å². The summed E-state index contributed by atoms with van der Waals surface area (Å²) in [6.07, 6.45) is 6.25. The number of ether oxygens (including phenoxy) is 2. The molecule has 5 rings (SSSR count). The Morgan fingerprint density at radius 1 is 0.909 bits per heavy atom. The number of carbonyl (C=O) groups excluding carboxylic acids is 2. The monoisotopic (exact) mass is 444 g/mol. The Kier molecular flexibility index (Phi) is 5.80. The summed E-state index contributed by atoms with van der Waals surface area (Å²) in [5.74, 6) is 1.04. The van der Waals surface area contributed by atoms with Crippen LogP contribution < -0.4 is 9.47 Å². The van der Waals surface area contributed by atoms with E-state index in [9.17, 15) is 9.59 Å². The number of hydrogen-bond acceptors (Lipinski definition) is 5. The summed E-state index contributed by atoms with van der Waals surface area (Å²) in [7, 11) is 0. The molecular formula is C25H24N4O4. The van der Waals surface area contributed by atoms with Gasteiger partial charge in [0.25, 0.3) is 5.91 Å². The van der Waals surface area contributed by atoms with Crippen molar-refractivity contribution < 1.29 is 19.1 Å². The Labute approximate surface area is 191 Å². The molecule has 3 aromatic rings. The molecule has 2 aliphatic rings. The number of fused-ring (bicyclic) bond motifs is 1. The van der Waals surface area contributed by atoms with Gasteiger partial charge in [-0.25, -0.2) is 4.68 Å². The molecule has 8 heteroatoms. The molecule has 2 amide bonds. The van der Waals surface area contributed by atoms with E-state index < -0.39 is 6.10 Å². The first-order chi connectivity index (χ1) is 16.2. The lowest BCUT2D eigenvalue weighted by Crippen LogP contribution is -2.54. The van der Waals surface area contributed by atoms with Gasteiger partial charge < -0.3 is 19.3 Å². The Bertz CT molecular complexity index is 1170. The van der Waals surface area contributed by atoms with Gasteiger partial charge in [0, 0.05) is 44.0 Å². The smallest absolute Gasteiger partial charge is 0.267 e. The Morgan fingerprint density at radius 3 is 2.39 bits per heavy atom. The van der Waals surface area contributed by atoms with Crippen LogP contribution in [0, 0.1) is 0 Å². The SMILES string of the molecule is O=C(C=Cc1cnn(-c2ccccc2)c1)N1CCN(C(=O)C2COc3ccccc3O2)CC1. The van der Waals surface area contributed by atoms with E-state index >= 15 is 0 Å². The molecule has 2 aromatic carbocycles. The van der Waals surface area contributed by atoms with Crippen LogP contribution in [0.3, 0.4) is 0 Å². The van der Waals surface area contributed by atoms with Crippen molar-refractivity contribution in [2.24, 2.45) is 0 Å². The fourth-order valence-electron chi connectivity index (χ4n) is 3.91. The number of benzene rings is 2. The van der Waals surface area contributed by atoms with E-state index in [1.54, 1.807) is 38.9 Å². The van der Waals surface area contributed by atoms with Crippen molar-refractivity contribution in [3.8, 4) is 17.2 Å². The highest BCUT2D eigenvalue weighted by Gasteiger charge is 2.33. The van der Waals surface area contributed by atoms with E-state index in [1.807, 2.05) is 54.7 Å². The predicted molar refractivity (Wildman–Crippen MR) is 122 cm³/mol. The summed E-state index contributed by atoms with van der Waals surface area (Å²) >= 11 is 0. The molecule has 1 aromatic heterocycles. The highest BCUT2D eigenvalue weighted by Crippen LogP contribution is 2.31. The fraction of sp³-hybridized carbons (Fsp3) is 0.240. The van der Waals surface area contributed by atoms with Crippen LogP contribution in [0.1, 0.15) is 5.56 Å². The minimum Gasteiger partial charge on any atom is -0.485 e. The second-order valence-electron chi connectivity index (χ2n) is 7.90. The fourth-order valence-corrected chi connectivity index (χ4v) is 3.91. The van der Waals surface area contributed by atoms with Crippen LogP contribution in [-0.4, -0.2) is 70.3 Å². The number of aromatic nitrogens is 2. The summed E-state index contributed by atoms with van der Waals surface area (Å²) in [6, 6.07) is 17.1. The normalized spacial score (nSPS) is 17.9. The van der Waals surface area contributed by atoms with E-state index in [0.717, 1.165) is 11.3 Å². The van der Waals surface area contributed by atoms with Gasteiger partial charge in [0.1, 0.15) is 6.61 Å². The molecule has 1 unspecified atom stereocenters. The molecule has 1 fully saturated rings. The molecule has 0 bridgehead atoms. The first-order valence-electron chi connectivity index (χ1n) is 10.9. The van der Waals surface area contributed by atoms with Crippen LogP contribution in [0.25, 0.3) is 11.8 Å². The topological polar surface area (TPSA) is 76.9 Å². The van der Waals surface area contributed by atoms with Gasteiger partial charge in [0.15, 0.2) is 11.5 Å². The van der Waals surface area contributed by atoms with Crippen molar-refractivity contribution in [2.45, 2.75) is 6.10 Å². The molecule has 1 atom stereocenters. The lowest BCUT2D eigenvalue weighted by Gasteiger charge is -2.36. The van der Waals surface area contributed by atoms with Crippen LogP contribution in [0.4, 0.5) is 0 Å². The second kappa shape index (κ2) is 9.20. The molecule has 33 heavy (non-hydrogen) atoms. The van der Waals surface area contributed by atoms with E-state index in [0.29, 0.717) is 37.7 Å². The third-order valence-corrected chi connectivity index (χ3v) is 5.73. The maximum atomic E-state index is 12.9. The van der Waals surface area contributed by atoms with Crippen molar-refractivity contribution in [3.05, 3.63) is 78.6 Å². The first-order valence-corrected chi connectivity index (χ1v) is 10.9. The minimum absolute atomic E-state index is 0.0827. The van der Waals surface area contributed by atoms with Gasteiger partial charge in [-0.1, -0.05) is 30.3 Å². The lowest BCUT2D eigenvalue weighted by molar-refractivity contribution is -0.145. The maximum Gasteiger partial charge on any atom is 0.267 e. The summed E-state index contributed by atoms with van der Waals surface area (Å²) in [5, 5.41) is 4.34. The number of hydrogen-bond donors (Lipinski definition) is 0. The Morgan fingerprint density at radius 2 is 1.61 bits per heavy atom. The minimum atomic E-state index is -0.664. The quantitative estimate of drug-likeness (QED) is 0.578. The first kappa shape index (κ1) is 20.8. The van der Waals surface area contributed by atoms with Gasteiger partial charge >= 0.3 is 0 Å². The van der Waals surface area contributed by atoms with Gasteiger partial charge in [-0.05, 0) is 30.3 Å². The number of piperazine rings is 1. The number of carbonyl (C=O) groups is 2. The zero-order valence-electron chi connectivity index (χ0n) is 18.0. The summed E-state index contributed by atoms with van der Waals surface area (Å²) in [5.41, 5.74) is 1.80. The van der Waals surface area contributed by atoms with Gasteiger partial charge in [-0.2, -0.15) is 5.10 Å². The van der Waals surface area contributed by atoms with Crippen molar-refractivity contribution in [2.75, 3.05) is 32.8 Å². The average Bonchev–Trinajstić information content (AvgIpc) is 3.36. The zero-order chi connectivity index (χ0) is 22.6. The molecule has 8 nitrogen and oxygen atoms in total. The van der Waals surface area contributed by atoms with Crippen molar-refractivity contribution in [1.82, 2.24) is 19.6 Å². The third-order valence-electron chi connectivity index (χ3n) is 5.73. The molecule has 0 spiro atoms. The van der Waals surface area contributed by atoms with Crippen LogP contribution >= 0.6 is 0 Å². The molecule has 3 heterocycles. The number of para-hydroxylation sites is 3. The highest BCUT2D eigenvalue weighted by atomic mass is 16.6. The van der Waals surface area contributed by atoms with Gasteiger partial charge in [-0.3, -0.25) is 9.59 Å². The Balaban J connectivity index is 1.13. The molecule has 0 N–H and O–H groups in total. The molecule has 2 aliphatic heterocycles. The standard InChI is InChI=1S/C25H24N4O4/c30-24(11-10-19-16-26-29(17-19)20-6-2-1-3-7-20)27-12-14-28(15-13-27)25(31)23-18-32-21-8-4-5-9-22(21)33-23/h1-11,16-17,23H,12-15,18H2. The van der Waals surface area contributed by atoms with Crippen molar-refractivity contribution in [1.29, 1.82) is 0 Å². The predicted octanol–water partition coefficient (Wildman–Crippen LogP) is 2.40. The molecule has 1 saturated heterocycles. The van der Waals surface area contributed by atoms with Crippen LogP contribution in [0.5, 0.6) is 11.5 Å². The molecule has 0 aliphatic carbocycles. The molecular weight excluding hydrogens is 420 g/mol. The van der Waals surface area contributed by atoms with Crippen LogP contribution in [-0.2, 0) is 9.59 Å². The summed E-state index contributed by atoms with van der Waals surface area (Å²) in [4.78, 5) is 29.0. The van der Waals surface area contributed by atoms with Crippen LogP contribution in [0.15, 0.2) is 73.1 Å². The molecule has 0 saturated carbocycles. The summed E-state index contributed by atoms with van der Waals surface area (Å²) < 4.78 is 13.3. The molecule has 0 radical (unpaired) electrons. The maximum absolute atomic E-state index is 12.9. The average molecular weight is 444 g/mol. The number of nitrogens with zero attached hydrogens (tertiary/aromatic N) is 4. The Hall–Kier alpha value is -4.07. The molecule has 168 valence electrons. The third kappa shape index (κ3) is 4.59.